The van der Waals surface area contributed by atoms with Gasteiger partial charge in [0.25, 0.3) is 0 Å². The van der Waals surface area contributed by atoms with Crippen molar-refractivity contribution in [3.63, 3.8) is 0 Å². The number of rotatable bonds is 0. The highest BCUT2D eigenvalue weighted by Crippen LogP contribution is 2.43. The first-order valence-corrected chi connectivity index (χ1v) is 8.01. The van der Waals surface area contributed by atoms with Gasteiger partial charge in [0.2, 0.25) is 0 Å². The summed E-state index contributed by atoms with van der Waals surface area (Å²) in [5, 5.41) is 10.3. The molecule has 4 aliphatic rings. The largest absolute Gasteiger partial charge is 0.378 e. The SMILES string of the molecule is OC1CCCC2C3CC(CN12)C1CCCCN1C3. The highest BCUT2D eigenvalue weighted by atomic mass is 16.3. The van der Waals surface area contributed by atoms with Crippen LogP contribution in [-0.4, -0.2) is 52.9 Å². The molecule has 4 saturated heterocycles. The smallest absolute Gasteiger partial charge is 0.107 e. The Morgan fingerprint density at radius 2 is 1.67 bits per heavy atom. The lowest BCUT2D eigenvalue weighted by atomic mass is 9.71. The van der Waals surface area contributed by atoms with Crippen LogP contribution in [0, 0.1) is 11.8 Å². The molecule has 2 bridgehead atoms. The zero-order valence-electron chi connectivity index (χ0n) is 11.3. The predicted molar refractivity (Wildman–Crippen MR) is 71.2 cm³/mol. The Bertz CT molecular complexity index is 322. The first-order chi connectivity index (χ1) is 8.83. The van der Waals surface area contributed by atoms with Gasteiger partial charge in [-0.05, 0) is 56.9 Å². The third kappa shape index (κ3) is 1.75. The van der Waals surface area contributed by atoms with Crippen LogP contribution in [0.1, 0.15) is 44.9 Å². The number of piperidine rings is 4. The van der Waals surface area contributed by atoms with Crippen molar-refractivity contribution in [2.75, 3.05) is 19.6 Å². The Morgan fingerprint density at radius 1 is 0.833 bits per heavy atom. The lowest BCUT2D eigenvalue weighted by molar-refractivity contribution is -0.140. The summed E-state index contributed by atoms with van der Waals surface area (Å²) in [4.78, 5) is 5.26. The molecule has 3 heteroatoms. The van der Waals surface area contributed by atoms with Crippen molar-refractivity contribution < 1.29 is 5.11 Å². The molecule has 1 N–H and O–H groups in total. The third-order valence-corrected chi connectivity index (χ3v) is 6.04. The van der Waals surface area contributed by atoms with Crippen LogP contribution in [0.25, 0.3) is 0 Å². The molecule has 0 aromatic rings. The summed E-state index contributed by atoms with van der Waals surface area (Å²) in [5.41, 5.74) is 0. The molecular formula is C15H26N2O. The van der Waals surface area contributed by atoms with Crippen LogP contribution in [0.2, 0.25) is 0 Å². The maximum atomic E-state index is 10.3. The van der Waals surface area contributed by atoms with E-state index in [0.717, 1.165) is 24.3 Å². The number of hydrogen-bond acceptors (Lipinski definition) is 3. The minimum absolute atomic E-state index is 0.135. The summed E-state index contributed by atoms with van der Waals surface area (Å²) in [6, 6.07) is 1.53. The summed E-state index contributed by atoms with van der Waals surface area (Å²) in [6.45, 7) is 3.82. The number of aliphatic hydroxyl groups is 1. The molecule has 18 heavy (non-hydrogen) atoms. The van der Waals surface area contributed by atoms with Crippen LogP contribution in [-0.2, 0) is 0 Å². The second kappa shape index (κ2) is 4.46. The van der Waals surface area contributed by atoms with E-state index in [1.807, 2.05) is 0 Å². The van der Waals surface area contributed by atoms with Crippen molar-refractivity contribution in [1.29, 1.82) is 0 Å². The minimum Gasteiger partial charge on any atom is -0.378 e. The van der Waals surface area contributed by atoms with Crippen molar-refractivity contribution in [1.82, 2.24) is 9.80 Å². The molecule has 4 rings (SSSR count). The molecule has 4 fully saturated rings. The van der Waals surface area contributed by atoms with Crippen LogP contribution in [0.15, 0.2) is 0 Å². The predicted octanol–water partition coefficient (Wildman–Crippen LogP) is 1.66. The van der Waals surface area contributed by atoms with Gasteiger partial charge in [-0.2, -0.15) is 0 Å². The number of hydrogen-bond donors (Lipinski definition) is 1. The van der Waals surface area contributed by atoms with Crippen LogP contribution < -0.4 is 0 Å². The first-order valence-electron chi connectivity index (χ1n) is 8.01. The molecule has 3 nitrogen and oxygen atoms in total. The molecule has 4 heterocycles. The number of fused-ring (bicyclic) bond motifs is 6. The highest BCUT2D eigenvalue weighted by molar-refractivity contribution is 5.01. The summed E-state index contributed by atoms with van der Waals surface area (Å²) in [7, 11) is 0. The van der Waals surface area contributed by atoms with Crippen LogP contribution in [0.5, 0.6) is 0 Å². The maximum absolute atomic E-state index is 10.3. The fourth-order valence-electron chi connectivity index (χ4n) is 5.27. The standard InChI is InChI=1S/C15H26N2O/c18-15-6-3-5-14-11-8-12(10-17(14)15)13-4-1-2-7-16(13)9-11/h11-15,18H,1-10H2. The molecule has 0 saturated carbocycles. The number of nitrogens with zero attached hydrogens (tertiary/aromatic N) is 2. The lowest BCUT2D eigenvalue weighted by Gasteiger charge is -2.58. The monoisotopic (exact) mass is 250 g/mol. The number of aliphatic hydroxyl groups excluding tert-OH is 1. The average Bonchev–Trinajstić information content (AvgIpc) is 2.40. The Kier molecular flexibility index (Phi) is 2.90. The van der Waals surface area contributed by atoms with Gasteiger partial charge in [0.1, 0.15) is 6.23 Å². The van der Waals surface area contributed by atoms with Gasteiger partial charge in [-0.3, -0.25) is 9.80 Å². The zero-order chi connectivity index (χ0) is 12.1. The van der Waals surface area contributed by atoms with Crippen molar-refractivity contribution in [2.45, 2.75) is 63.3 Å². The molecule has 0 aliphatic carbocycles. The fraction of sp³-hybridized carbons (Fsp3) is 1.00. The molecule has 4 aliphatic heterocycles. The summed E-state index contributed by atoms with van der Waals surface area (Å²) in [5.74, 6) is 1.68. The Morgan fingerprint density at radius 3 is 2.61 bits per heavy atom. The van der Waals surface area contributed by atoms with Gasteiger partial charge in [0.05, 0.1) is 0 Å². The van der Waals surface area contributed by atoms with E-state index >= 15 is 0 Å². The molecule has 0 aromatic heterocycles. The topological polar surface area (TPSA) is 26.7 Å². The molecule has 0 aromatic carbocycles. The molecule has 0 amide bonds. The quantitative estimate of drug-likeness (QED) is 0.708. The van der Waals surface area contributed by atoms with E-state index in [-0.39, 0.29) is 6.23 Å². The Labute approximate surface area is 110 Å². The fourth-order valence-corrected chi connectivity index (χ4v) is 5.27. The zero-order valence-corrected chi connectivity index (χ0v) is 11.3. The minimum atomic E-state index is -0.135. The van der Waals surface area contributed by atoms with Crippen LogP contribution >= 0.6 is 0 Å². The third-order valence-electron chi connectivity index (χ3n) is 6.04. The van der Waals surface area contributed by atoms with Gasteiger partial charge in [-0.15, -0.1) is 0 Å². The van der Waals surface area contributed by atoms with Crippen molar-refractivity contribution in [3.05, 3.63) is 0 Å². The Balaban J connectivity index is 1.58. The van der Waals surface area contributed by atoms with E-state index in [2.05, 4.69) is 9.80 Å². The van der Waals surface area contributed by atoms with E-state index in [0.29, 0.717) is 6.04 Å². The molecule has 5 unspecified atom stereocenters. The highest BCUT2D eigenvalue weighted by Gasteiger charge is 2.48. The van der Waals surface area contributed by atoms with Gasteiger partial charge in [-0.1, -0.05) is 6.42 Å². The first kappa shape index (κ1) is 11.7. The summed E-state index contributed by atoms with van der Waals surface area (Å²) < 4.78 is 0. The molecule has 0 spiro atoms. The lowest BCUT2D eigenvalue weighted by Crippen LogP contribution is -2.65. The van der Waals surface area contributed by atoms with Gasteiger partial charge in [-0.25, -0.2) is 0 Å². The van der Waals surface area contributed by atoms with Crippen molar-refractivity contribution in [3.8, 4) is 0 Å². The summed E-state index contributed by atoms with van der Waals surface area (Å²) >= 11 is 0. The van der Waals surface area contributed by atoms with Crippen LogP contribution in [0.3, 0.4) is 0 Å². The molecule has 0 radical (unpaired) electrons. The van der Waals surface area contributed by atoms with Gasteiger partial charge < -0.3 is 5.11 Å². The van der Waals surface area contributed by atoms with E-state index in [4.69, 9.17) is 0 Å². The van der Waals surface area contributed by atoms with Gasteiger partial charge in [0, 0.05) is 25.2 Å². The summed E-state index contributed by atoms with van der Waals surface area (Å²) in [6.07, 6.45) is 9.11. The second-order valence-corrected chi connectivity index (χ2v) is 6.99. The Hall–Kier alpha value is -0.120. The second-order valence-electron chi connectivity index (χ2n) is 6.99. The van der Waals surface area contributed by atoms with Crippen molar-refractivity contribution >= 4 is 0 Å². The van der Waals surface area contributed by atoms with E-state index in [9.17, 15) is 5.11 Å². The van der Waals surface area contributed by atoms with E-state index in [1.54, 1.807) is 0 Å². The van der Waals surface area contributed by atoms with Crippen LogP contribution in [0.4, 0.5) is 0 Å². The maximum Gasteiger partial charge on any atom is 0.107 e. The molecular weight excluding hydrogens is 224 g/mol. The molecule has 5 atom stereocenters. The van der Waals surface area contributed by atoms with E-state index < -0.39 is 0 Å². The normalized spacial score (nSPS) is 49.5. The van der Waals surface area contributed by atoms with Gasteiger partial charge >= 0.3 is 0 Å². The molecule has 102 valence electrons. The van der Waals surface area contributed by atoms with Crippen molar-refractivity contribution in [2.24, 2.45) is 11.8 Å². The average molecular weight is 250 g/mol. The van der Waals surface area contributed by atoms with E-state index in [1.165, 1.54) is 58.2 Å². The van der Waals surface area contributed by atoms with Gasteiger partial charge in [0.15, 0.2) is 0 Å².